The molecule has 2 aromatic rings. The molecule has 2 heterocycles. The molecule has 1 aromatic heterocycles. The molecular formula is C16H20FN3. The Labute approximate surface area is 118 Å². The Morgan fingerprint density at radius 3 is 2.90 bits per heavy atom. The quantitative estimate of drug-likeness (QED) is 0.907. The van der Waals surface area contributed by atoms with Crippen molar-refractivity contribution >= 4 is 10.9 Å². The Morgan fingerprint density at radius 2 is 2.20 bits per heavy atom. The molecule has 0 atom stereocenters. The largest absolute Gasteiger partial charge is 0.314 e. The first kappa shape index (κ1) is 13.5. The van der Waals surface area contributed by atoms with Crippen LogP contribution in [0.1, 0.15) is 18.9 Å². The van der Waals surface area contributed by atoms with E-state index in [0.717, 1.165) is 43.7 Å². The molecule has 106 valence electrons. The van der Waals surface area contributed by atoms with Crippen molar-refractivity contribution in [3.63, 3.8) is 0 Å². The second-order valence-electron chi connectivity index (χ2n) is 5.39. The normalized spacial score (nSPS) is 15.8. The Bertz CT molecular complexity index is 595. The second kappa shape index (κ2) is 5.85. The van der Waals surface area contributed by atoms with Gasteiger partial charge in [-0.05, 0) is 36.7 Å². The van der Waals surface area contributed by atoms with Crippen LogP contribution in [0.4, 0.5) is 4.39 Å². The van der Waals surface area contributed by atoms with Crippen LogP contribution >= 0.6 is 0 Å². The maximum Gasteiger partial charge on any atom is 0.132 e. The van der Waals surface area contributed by atoms with Crippen molar-refractivity contribution in [2.24, 2.45) is 0 Å². The number of nitrogens with one attached hydrogen (secondary N) is 1. The third-order valence-electron chi connectivity index (χ3n) is 3.96. The highest BCUT2D eigenvalue weighted by Gasteiger charge is 2.24. The summed E-state index contributed by atoms with van der Waals surface area (Å²) in [6.45, 7) is 6.20. The summed E-state index contributed by atoms with van der Waals surface area (Å²) >= 11 is 0. The maximum absolute atomic E-state index is 13.8. The topological polar surface area (TPSA) is 28.2 Å². The van der Waals surface area contributed by atoms with E-state index >= 15 is 0 Å². The number of rotatable bonds is 5. The van der Waals surface area contributed by atoms with Crippen LogP contribution in [-0.4, -0.2) is 35.6 Å². The fourth-order valence-electron chi connectivity index (χ4n) is 2.75. The van der Waals surface area contributed by atoms with Crippen LogP contribution in [0.25, 0.3) is 10.9 Å². The molecule has 1 aromatic carbocycles. The van der Waals surface area contributed by atoms with E-state index < -0.39 is 0 Å². The van der Waals surface area contributed by atoms with Gasteiger partial charge in [-0.3, -0.25) is 9.88 Å². The third-order valence-corrected chi connectivity index (χ3v) is 3.96. The van der Waals surface area contributed by atoms with Crippen molar-refractivity contribution in [3.8, 4) is 0 Å². The monoisotopic (exact) mass is 273 g/mol. The summed E-state index contributed by atoms with van der Waals surface area (Å²) in [5.41, 5.74) is 1.91. The Balaban J connectivity index is 1.91. The molecule has 1 aliphatic rings. The van der Waals surface area contributed by atoms with Gasteiger partial charge in [0.05, 0.1) is 5.52 Å². The summed E-state index contributed by atoms with van der Waals surface area (Å²) in [6.07, 6.45) is 2.86. The number of halogens is 1. The number of nitrogens with zero attached hydrogens (tertiary/aromatic N) is 2. The van der Waals surface area contributed by atoms with Gasteiger partial charge in [0, 0.05) is 37.3 Å². The van der Waals surface area contributed by atoms with Crippen LogP contribution in [0, 0.1) is 5.82 Å². The van der Waals surface area contributed by atoms with Gasteiger partial charge in [-0.2, -0.15) is 0 Å². The van der Waals surface area contributed by atoms with Gasteiger partial charge >= 0.3 is 0 Å². The minimum atomic E-state index is -0.191. The molecule has 0 radical (unpaired) electrons. The van der Waals surface area contributed by atoms with Crippen LogP contribution in [0.15, 0.2) is 30.5 Å². The lowest BCUT2D eigenvalue weighted by Gasteiger charge is -2.38. The molecule has 1 aliphatic heterocycles. The fraction of sp³-hybridized carbons (Fsp3) is 0.438. The van der Waals surface area contributed by atoms with Crippen molar-refractivity contribution in [1.29, 1.82) is 0 Å². The Kier molecular flexibility index (Phi) is 3.94. The number of hydrogen-bond acceptors (Lipinski definition) is 3. The molecule has 0 unspecified atom stereocenters. The van der Waals surface area contributed by atoms with Crippen LogP contribution in [0.5, 0.6) is 0 Å². The molecule has 1 saturated heterocycles. The van der Waals surface area contributed by atoms with Crippen molar-refractivity contribution in [2.45, 2.75) is 25.9 Å². The van der Waals surface area contributed by atoms with Gasteiger partial charge in [-0.15, -0.1) is 0 Å². The van der Waals surface area contributed by atoms with E-state index in [-0.39, 0.29) is 5.82 Å². The second-order valence-corrected chi connectivity index (χ2v) is 5.39. The van der Waals surface area contributed by atoms with E-state index in [0.29, 0.717) is 11.4 Å². The summed E-state index contributed by atoms with van der Waals surface area (Å²) in [6, 6.07) is 7.62. The van der Waals surface area contributed by atoms with Gasteiger partial charge in [0.2, 0.25) is 0 Å². The standard InChI is InChI=1S/C16H20FN3/c1-2-8-20(13-9-18-10-13)11-12-5-6-15(17)14-4-3-7-19-16(12)14/h3-7,13,18H,2,8-11H2,1H3. The zero-order valence-corrected chi connectivity index (χ0v) is 11.8. The van der Waals surface area contributed by atoms with Crippen LogP contribution in [-0.2, 0) is 6.54 Å². The van der Waals surface area contributed by atoms with E-state index in [1.807, 2.05) is 6.07 Å². The lowest BCUT2D eigenvalue weighted by atomic mass is 10.1. The summed E-state index contributed by atoms with van der Waals surface area (Å²) in [5.74, 6) is -0.191. The molecule has 0 bridgehead atoms. The minimum absolute atomic E-state index is 0.191. The maximum atomic E-state index is 13.8. The lowest BCUT2D eigenvalue weighted by molar-refractivity contribution is 0.138. The Morgan fingerprint density at radius 1 is 1.35 bits per heavy atom. The average molecular weight is 273 g/mol. The average Bonchev–Trinajstić information content (AvgIpc) is 2.40. The molecule has 1 N–H and O–H groups in total. The van der Waals surface area contributed by atoms with Crippen molar-refractivity contribution < 1.29 is 4.39 Å². The van der Waals surface area contributed by atoms with Gasteiger partial charge < -0.3 is 5.32 Å². The number of pyridine rings is 1. The predicted molar refractivity (Wildman–Crippen MR) is 79.1 cm³/mol. The van der Waals surface area contributed by atoms with Gasteiger partial charge in [0.25, 0.3) is 0 Å². The zero-order valence-electron chi connectivity index (χ0n) is 11.8. The third kappa shape index (κ3) is 2.53. The minimum Gasteiger partial charge on any atom is -0.314 e. The molecule has 3 nitrogen and oxygen atoms in total. The van der Waals surface area contributed by atoms with E-state index in [1.54, 1.807) is 24.4 Å². The van der Waals surface area contributed by atoms with Gasteiger partial charge in [-0.25, -0.2) is 4.39 Å². The number of hydrogen-bond donors (Lipinski definition) is 1. The summed E-state index contributed by atoms with van der Waals surface area (Å²) in [7, 11) is 0. The zero-order chi connectivity index (χ0) is 13.9. The molecule has 0 saturated carbocycles. The molecule has 4 heteroatoms. The fourth-order valence-corrected chi connectivity index (χ4v) is 2.75. The van der Waals surface area contributed by atoms with Crippen molar-refractivity contribution in [2.75, 3.05) is 19.6 Å². The highest BCUT2D eigenvalue weighted by molar-refractivity contribution is 5.82. The number of fused-ring (bicyclic) bond motifs is 1. The first-order valence-corrected chi connectivity index (χ1v) is 7.26. The van der Waals surface area contributed by atoms with E-state index in [4.69, 9.17) is 0 Å². The van der Waals surface area contributed by atoms with E-state index in [1.165, 1.54) is 0 Å². The highest BCUT2D eigenvalue weighted by atomic mass is 19.1. The number of benzene rings is 1. The van der Waals surface area contributed by atoms with Crippen molar-refractivity contribution in [1.82, 2.24) is 15.2 Å². The molecular weight excluding hydrogens is 253 g/mol. The van der Waals surface area contributed by atoms with E-state index in [9.17, 15) is 4.39 Å². The lowest BCUT2D eigenvalue weighted by Crippen LogP contribution is -2.57. The summed E-state index contributed by atoms with van der Waals surface area (Å²) in [4.78, 5) is 6.85. The molecule has 0 spiro atoms. The van der Waals surface area contributed by atoms with Gasteiger partial charge in [-0.1, -0.05) is 13.0 Å². The van der Waals surface area contributed by atoms with Crippen molar-refractivity contribution in [3.05, 3.63) is 41.8 Å². The van der Waals surface area contributed by atoms with Gasteiger partial charge in [0.1, 0.15) is 5.82 Å². The van der Waals surface area contributed by atoms with Crippen LogP contribution < -0.4 is 5.32 Å². The highest BCUT2D eigenvalue weighted by Crippen LogP contribution is 2.22. The first-order valence-electron chi connectivity index (χ1n) is 7.26. The van der Waals surface area contributed by atoms with E-state index in [2.05, 4.69) is 22.1 Å². The number of aromatic nitrogens is 1. The predicted octanol–water partition coefficient (Wildman–Crippen LogP) is 2.56. The molecule has 1 fully saturated rings. The summed E-state index contributed by atoms with van der Waals surface area (Å²) in [5, 5.41) is 3.93. The molecule has 20 heavy (non-hydrogen) atoms. The Hall–Kier alpha value is -1.52. The molecule has 0 amide bonds. The smallest absolute Gasteiger partial charge is 0.132 e. The SMILES string of the molecule is CCCN(Cc1ccc(F)c2cccnc12)C1CNC1. The molecule has 3 rings (SSSR count). The molecule has 0 aliphatic carbocycles. The summed E-state index contributed by atoms with van der Waals surface area (Å²) < 4.78 is 13.8. The van der Waals surface area contributed by atoms with Crippen LogP contribution in [0.3, 0.4) is 0 Å². The van der Waals surface area contributed by atoms with Gasteiger partial charge in [0.15, 0.2) is 0 Å². The first-order chi connectivity index (χ1) is 9.79. The van der Waals surface area contributed by atoms with Crippen LogP contribution in [0.2, 0.25) is 0 Å².